The number of carbonyl (C=O) groups is 4. The highest BCUT2D eigenvalue weighted by Crippen LogP contribution is 2.45. The molecule has 2 aliphatic rings. The van der Waals surface area contributed by atoms with Crippen LogP contribution in [0, 0.1) is 0 Å². The monoisotopic (exact) mass is 384 g/mol. The van der Waals surface area contributed by atoms with Crippen LogP contribution >= 0.6 is 0 Å². The zero-order valence-corrected chi connectivity index (χ0v) is 14.5. The Hall–Kier alpha value is -2.76. The van der Waals surface area contributed by atoms with E-state index in [0.29, 0.717) is 4.90 Å². The van der Waals surface area contributed by atoms with Crippen LogP contribution in [-0.4, -0.2) is 84.6 Å². The quantitative estimate of drug-likeness (QED) is 0.289. The van der Waals surface area contributed by atoms with Gasteiger partial charge in [0.15, 0.2) is 23.0 Å². The Labute approximate surface area is 152 Å². The fourth-order valence-electron chi connectivity index (χ4n) is 3.06. The topological polar surface area (TPSA) is 200 Å². The van der Waals surface area contributed by atoms with E-state index in [4.69, 9.17) is 10.5 Å². The number of aliphatic hydroxyl groups excluding tert-OH is 2. The second-order valence-electron chi connectivity index (χ2n) is 6.23. The van der Waals surface area contributed by atoms with Crippen LogP contribution in [0.15, 0.2) is 16.6 Å². The molecule has 1 amide bonds. The van der Waals surface area contributed by atoms with Crippen LogP contribution in [0.4, 0.5) is 0 Å². The molecule has 0 aliphatic carbocycles. The van der Waals surface area contributed by atoms with Gasteiger partial charge in [-0.05, 0) is 25.8 Å². The Morgan fingerprint density at radius 3 is 2.07 bits per heavy atom. The number of Topliss-reactive ketones (excluding diaryl/α,β-unsaturated/α-hetero) is 3. The number of rotatable bonds is 6. The summed E-state index contributed by atoms with van der Waals surface area (Å²) in [5.41, 5.74) is -1.80. The fourth-order valence-corrected chi connectivity index (χ4v) is 3.06. The number of amides is 1. The summed E-state index contributed by atoms with van der Waals surface area (Å²) in [6.07, 6.45) is -4.18. The van der Waals surface area contributed by atoms with Gasteiger partial charge in [0.2, 0.25) is 11.8 Å². The third-order valence-electron chi connectivity index (χ3n) is 4.58. The lowest BCUT2D eigenvalue weighted by molar-refractivity contribution is -0.184. The zero-order valence-electron chi connectivity index (χ0n) is 14.5. The molecule has 5 atom stereocenters. The number of hydrogen-bond acceptors (Lipinski definition) is 11. The van der Waals surface area contributed by atoms with Gasteiger partial charge >= 0.3 is 17.5 Å². The average Bonchev–Trinajstić information content (AvgIpc) is 3.05. The minimum atomic E-state index is -3.07. The normalized spacial score (nSPS) is 33.8. The maximum absolute atomic E-state index is 12.2. The molecule has 0 aromatic carbocycles. The van der Waals surface area contributed by atoms with Crippen LogP contribution in [0.5, 0.6) is 0 Å². The van der Waals surface area contributed by atoms with Crippen molar-refractivity contribution in [1.29, 1.82) is 0 Å². The molecule has 0 aromatic heterocycles. The molecule has 2 rings (SSSR count). The number of carbonyl (C=O) groups excluding carboxylic acids is 4. The van der Waals surface area contributed by atoms with Gasteiger partial charge in [0, 0.05) is 0 Å². The molecule has 0 aromatic rings. The molecule has 2 aliphatic heterocycles. The van der Waals surface area contributed by atoms with Gasteiger partial charge in [-0.25, -0.2) is 4.79 Å². The summed E-state index contributed by atoms with van der Waals surface area (Å²) in [6, 6.07) is 0. The number of primary amides is 1. The lowest BCUT2D eigenvalue weighted by Crippen LogP contribution is -2.70. The standard InChI is InChI=1S/C15H17N3O9/c1-5(19)9(22)10-14(25,6(2)20)15(26,7(3)21)13(27-10)18-4-17-8(11(16)23)12(18)24/h9-10,13,22,25-26H,1-3H3,(H2-,16,23,24)/p+1/t9?,10-,13-,14-,15+/m1/s1. The van der Waals surface area contributed by atoms with Crippen LogP contribution in [-0.2, 0) is 23.9 Å². The first kappa shape index (κ1) is 20.6. The van der Waals surface area contributed by atoms with Crippen LogP contribution in [0.25, 0.3) is 0 Å². The number of ether oxygens (including phenoxy) is 1. The molecule has 0 bridgehead atoms. The van der Waals surface area contributed by atoms with Crippen molar-refractivity contribution >= 4 is 29.6 Å². The Morgan fingerprint density at radius 1 is 1.19 bits per heavy atom. The van der Waals surface area contributed by atoms with Gasteiger partial charge in [0.05, 0.1) is 0 Å². The number of ketones is 3. The van der Waals surface area contributed by atoms with Crippen molar-refractivity contribution in [3.63, 3.8) is 0 Å². The summed E-state index contributed by atoms with van der Waals surface area (Å²) >= 11 is 0. The van der Waals surface area contributed by atoms with Gasteiger partial charge in [-0.3, -0.25) is 14.4 Å². The molecule has 1 saturated heterocycles. The van der Waals surface area contributed by atoms with E-state index in [9.17, 15) is 39.6 Å². The first-order chi connectivity index (χ1) is 12.3. The minimum absolute atomic E-state index is 0.461. The Bertz CT molecular complexity index is 791. The number of aliphatic imine (C=N–C) groups is 1. The summed E-state index contributed by atoms with van der Waals surface area (Å²) in [4.78, 5) is 51.1. The largest absolute Gasteiger partial charge is 0.423 e. The predicted octanol–water partition coefficient (Wildman–Crippen LogP) is -3.27. The van der Waals surface area contributed by atoms with Gasteiger partial charge in [-0.1, -0.05) is 0 Å². The first-order valence-corrected chi connectivity index (χ1v) is 7.61. The first-order valence-electron chi connectivity index (χ1n) is 7.61. The SMILES string of the molecule is CC(=O)C(O)[C@H]1O[C@@H](N2[C+]=NC(C(N)=O)=C2O)[C@@](O)(C(C)=O)[C@@]1(O)C(C)=O. The highest BCUT2D eigenvalue weighted by atomic mass is 16.6. The molecule has 12 nitrogen and oxygen atoms in total. The van der Waals surface area contributed by atoms with E-state index in [0.717, 1.165) is 20.8 Å². The second-order valence-corrected chi connectivity index (χ2v) is 6.23. The van der Waals surface area contributed by atoms with E-state index in [-0.39, 0.29) is 0 Å². The molecule has 27 heavy (non-hydrogen) atoms. The minimum Gasteiger partial charge on any atom is -0.423 e. The highest BCUT2D eigenvalue weighted by molar-refractivity contribution is 6.01. The van der Waals surface area contributed by atoms with Gasteiger partial charge in [-0.2, -0.15) is 0 Å². The molecule has 6 N–H and O–H groups in total. The molecule has 0 saturated carbocycles. The summed E-state index contributed by atoms with van der Waals surface area (Å²) in [7, 11) is 0. The third kappa shape index (κ3) is 2.62. The van der Waals surface area contributed by atoms with Crippen LogP contribution in [0.2, 0.25) is 0 Å². The van der Waals surface area contributed by atoms with Crippen molar-refractivity contribution in [3.05, 3.63) is 11.6 Å². The average molecular weight is 384 g/mol. The molecule has 12 heteroatoms. The van der Waals surface area contributed by atoms with Crippen LogP contribution in [0.3, 0.4) is 0 Å². The zero-order chi connectivity index (χ0) is 20.9. The van der Waals surface area contributed by atoms with Gasteiger partial charge in [0.25, 0.3) is 6.34 Å². The lowest BCUT2D eigenvalue weighted by atomic mass is 9.73. The molecule has 0 radical (unpaired) electrons. The highest BCUT2D eigenvalue weighted by Gasteiger charge is 2.76. The van der Waals surface area contributed by atoms with E-state index in [1.165, 1.54) is 0 Å². The van der Waals surface area contributed by atoms with E-state index < -0.39 is 64.5 Å². The lowest BCUT2D eigenvalue weighted by Gasteiger charge is -2.37. The van der Waals surface area contributed by atoms with Crippen molar-refractivity contribution in [2.45, 2.75) is 50.4 Å². The Kier molecular flexibility index (Phi) is 4.90. The molecular formula is C15H18N3O9+. The Balaban J connectivity index is 2.68. The van der Waals surface area contributed by atoms with Gasteiger partial charge < -0.3 is 30.9 Å². The van der Waals surface area contributed by atoms with Crippen molar-refractivity contribution in [3.8, 4) is 0 Å². The summed E-state index contributed by atoms with van der Waals surface area (Å²) in [5, 5.41) is 42.0. The predicted molar refractivity (Wildman–Crippen MR) is 84.7 cm³/mol. The second kappa shape index (κ2) is 6.44. The van der Waals surface area contributed by atoms with Crippen molar-refractivity contribution in [2.75, 3.05) is 0 Å². The maximum atomic E-state index is 12.2. The number of aliphatic hydroxyl groups is 4. The molecule has 146 valence electrons. The van der Waals surface area contributed by atoms with E-state index in [2.05, 4.69) is 11.3 Å². The number of hydrogen-bond donors (Lipinski definition) is 5. The van der Waals surface area contributed by atoms with Crippen LogP contribution in [0.1, 0.15) is 20.8 Å². The smallest absolute Gasteiger partial charge is 0.387 e. The fraction of sp³-hybridized carbons (Fsp3) is 0.533. The van der Waals surface area contributed by atoms with Crippen molar-refractivity contribution < 1.29 is 44.3 Å². The number of nitrogens with zero attached hydrogens (tertiary/aromatic N) is 2. The summed E-state index contributed by atoms with van der Waals surface area (Å²) in [6.45, 7) is 2.56. The summed E-state index contributed by atoms with van der Waals surface area (Å²) < 4.78 is 5.27. The van der Waals surface area contributed by atoms with E-state index in [1.54, 1.807) is 0 Å². The van der Waals surface area contributed by atoms with Gasteiger partial charge in [-0.15, -0.1) is 4.90 Å². The van der Waals surface area contributed by atoms with E-state index in [1.807, 2.05) is 0 Å². The summed E-state index contributed by atoms with van der Waals surface area (Å²) in [5.74, 6) is -5.46. The van der Waals surface area contributed by atoms with Crippen molar-refractivity contribution in [1.82, 2.24) is 4.90 Å². The third-order valence-corrected chi connectivity index (χ3v) is 4.58. The molecule has 2 heterocycles. The molecule has 1 unspecified atom stereocenters. The van der Waals surface area contributed by atoms with Crippen molar-refractivity contribution in [2.24, 2.45) is 10.7 Å². The Morgan fingerprint density at radius 2 is 1.70 bits per heavy atom. The molecule has 0 spiro atoms. The molecule has 1 fully saturated rings. The maximum Gasteiger partial charge on any atom is 0.387 e. The van der Waals surface area contributed by atoms with Crippen LogP contribution < -0.4 is 5.73 Å². The molecular weight excluding hydrogens is 366 g/mol. The van der Waals surface area contributed by atoms with E-state index >= 15 is 0 Å². The van der Waals surface area contributed by atoms with Gasteiger partial charge in [0.1, 0.15) is 12.2 Å². The number of nitrogens with two attached hydrogens (primary N) is 1.